The zero-order valence-corrected chi connectivity index (χ0v) is 12.0. The van der Waals surface area contributed by atoms with Crippen LogP contribution < -0.4 is 5.73 Å². The Balaban J connectivity index is 2.46. The van der Waals surface area contributed by atoms with E-state index in [-0.39, 0.29) is 12.6 Å². The smallest absolute Gasteiger partial charge is 0.340 e. The molecule has 0 spiro atoms. The van der Waals surface area contributed by atoms with E-state index in [9.17, 15) is 4.79 Å². The monoisotopic (exact) mass is 265 g/mol. The fraction of sp³-hybridized carbons (Fsp3) is 0.533. The molecule has 0 fully saturated rings. The summed E-state index contributed by atoms with van der Waals surface area (Å²) in [7, 11) is 0. The number of ether oxygens (including phenoxy) is 2. The molecule has 0 radical (unpaired) electrons. The normalized spacial score (nSPS) is 10.5. The number of benzene rings is 1. The second-order valence-corrected chi connectivity index (χ2v) is 4.64. The number of rotatable bonds is 7. The van der Waals surface area contributed by atoms with Gasteiger partial charge in [0.15, 0.2) is 0 Å². The molecular weight excluding hydrogens is 242 g/mol. The molecule has 4 nitrogen and oxygen atoms in total. The summed E-state index contributed by atoms with van der Waals surface area (Å²) in [6.45, 7) is 7.31. The largest absolute Gasteiger partial charge is 0.460 e. The highest BCUT2D eigenvalue weighted by Gasteiger charge is 2.13. The molecule has 0 saturated carbocycles. The van der Waals surface area contributed by atoms with E-state index < -0.39 is 0 Å². The van der Waals surface area contributed by atoms with E-state index in [0.29, 0.717) is 24.5 Å². The number of nitrogens with two attached hydrogens (primary N) is 1. The Labute approximate surface area is 114 Å². The van der Waals surface area contributed by atoms with E-state index >= 15 is 0 Å². The first-order chi connectivity index (χ1) is 9.06. The van der Waals surface area contributed by atoms with E-state index in [0.717, 1.165) is 24.0 Å². The zero-order valence-electron chi connectivity index (χ0n) is 12.0. The maximum Gasteiger partial charge on any atom is 0.340 e. The Bertz CT molecular complexity index is 430. The summed E-state index contributed by atoms with van der Waals surface area (Å²) in [4.78, 5) is 11.9. The van der Waals surface area contributed by atoms with Gasteiger partial charge in [-0.05, 0) is 37.5 Å². The summed E-state index contributed by atoms with van der Waals surface area (Å²) in [5.41, 5.74) is 8.71. The maximum atomic E-state index is 11.9. The van der Waals surface area contributed by atoms with E-state index in [2.05, 4.69) is 6.92 Å². The van der Waals surface area contributed by atoms with Gasteiger partial charge in [0.1, 0.15) is 6.61 Å². The average molecular weight is 265 g/mol. The maximum absolute atomic E-state index is 11.9. The quantitative estimate of drug-likeness (QED) is 0.468. The molecule has 0 unspecified atom stereocenters. The SMILES string of the molecule is CCCCOCCOC(=O)c1cc(C)cc(C)c1N. The van der Waals surface area contributed by atoms with E-state index in [4.69, 9.17) is 15.2 Å². The standard InChI is InChI=1S/C15H23NO3/c1-4-5-6-18-7-8-19-15(17)13-10-11(2)9-12(3)14(13)16/h9-10H,4-8,16H2,1-3H3. The topological polar surface area (TPSA) is 61.5 Å². The van der Waals surface area contributed by atoms with Gasteiger partial charge in [-0.15, -0.1) is 0 Å². The van der Waals surface area contributed by atoms with Gasteiger partial charge < -0.3 is 15.2 Å². The van der Waals surface area contributed by atoms with E-state index in [1.165, 1.54) is 0 Å². The molecule has 2 N–H and O–H groups in total. The molecule has 0 bridgehead atoms. The predicted octanol–water partition coefficient (Wildman–Crippen LogP) is 2.86. The van der Waals surface area contributed by atoms with Gasteiger partial charge >= 0.3 is 5.97 Å². The zero-order chi connectivity index (χ0) is 14.3. The number of hydrogen-bond acceptors (Lipinski definition) is 4. The number of esters is 1. The number of anilines is 1. The van der Waals surface area contributed by atoms with Gasteiger partial charge in [-0.1, -0.05) is 19.4 Å². The number of carbonyl (C=O) groups is 1. The van der Waals surface area contributed by atoms with E-state index in [1.807, 2.05) is 19.9 Å². The van der Waals surface area contributed by atoms with Crippen molar-refractivity contribution < 1.29 is 14.3 Å². The van der Waals surface area contributed by atoms with Crippen molar-refractivity contribution in [1.29, 1.82) is 0 Å². The third-order valence-electron chi connectivity index (χ3n) is 2.85. The fourth-order valence-electron chi connectivity index (χ4n) is 1.77. The van der Waals surface area contributed by atoms with Crippen molar-refractivity contribution in [3.63, 3.8) is 0 Å². The van der Waals surface area contributed by atoms with Gasteiger partial charge in [0.25, 0.3) is 0 Å². The highest BCUT2D eigenvalue weighted by atomic mass is 16.6. The van der Waals surface area contributed by atoms with Gasteiger partial charge in [-0.3, -0.25) is 0 Å². The Morgan fingerprint density at radius 1 is 1.21 bits per heavy atom. The third kappa shape index (κ3) is 4.91. The van der Waals surface area contributed by atoms with Crippen LogP contribution in [0.1, 0.15) is 41.3 Å². The van der Waals surface area contributed by atoms with E-state index in [1.54, 1.807) is 6.07 Å². The first-order valence-electron chi connectivity index (χ1n) is 6.67. The molecule has 19 heavy (non-hydrogen) atoms. The van der Waals surface area contributed by atoms with Crippen molar-refractivity contribution in [2.24, 2.45) is 0 Å². The molecule has 0 aromatic heterocycles. The molecule has 0 saturated heterocycles. The summed E-state index contributed by atoms with van der Waals surface area (Å²) in [5, 5.41) is 0. The summed E-state index contributed by atoms with van der Waals surface area (Å²) in [5.74, 6) is -0.386. The molecule has 0 aliphatic rings. The molecule has 0 atom stereocenters. The minimum Gasteiger partial charge on any atom is -0.460 e. The predicted molar refractivity (Wildman–Crippen MR) is 76.3 cm³/mol. The second-order valence-electron chi connectivity index (χ2n) is 4.64. The second kappa shape index (κ2) is 7.79. The molecule has 0 heterocycles. The Hall–Kier alpha value is -1.55. The summed E-state index contributed by atoms with van der Waals surface area (Å²) in [6.07, 6.45) is 2.12. The number of aryl methyl sites for hydroxylation is 2. The molecule has 1 aromatic carbocycles. The van der Waals surface area contributed by atoms with Crippen molar-refractivity contribution in [1.82, 2.24) is 0 Å². The van der Waals surface area contributed by atoms with Crippen molar-refractivity contribution in [3.05, 3.63) is 28.8 Å². The van der Waals surface area contributed by atoms with Gasteiger partial charge in [0.05, 0.1) is 12.2 Å². The van der Waals surface area contributed by atoms with Crippen molar-refractivity contribution >= 4 is 11.7 Å². The van der Waals surface area contributed by atoms with Crippen LogP contribution in [0.2, 0.25) is 0 Å². The third-order valence-corrected chi connectivity index (χ3v) is 2.85. The van der Waals surface area contributed by atoms with Crippen molar-refractivity contribution in [2.45, 2.75) is 33.6 Å². The van der Waals surface area contributed by atoms with Crippen LogP contribution in [0.4, 0.5) is 5.69 Å². The summed E-state index contributed by atoms with van der Waals surface area (Å²) >= 11 is 0. The minimum absolute atomic E-state index is 0.259. The van der Waals surface area contributed by atoms with Crippen molar-refractivity contribution in [3.8, 4) is 0 Å². The van der Waals surface area contributed by atoms with Crippen LogP contribution in [0.25, 0.3) is 0 Å². The molecule has 0 aliphatic carbocycles. The van der Waals surface area contributed by atoms with Gasteiger partial charge in [0, 0.05) is 12.3 Å². The number of hydrogen-bond donors (Lipinski definition) is 1. The van der Waals surface area contributed by atoms with Crippen LogP contribution in [0.3, 0.4) is 0 Å². The molecule has 0 aliphatic heterocycles. The molecule has 106 valence electrons. The lowest BCUT2D eigenvalue weighted by molar-refractivity contribution is 0.0314. The lowest BCUT2D eigenvalue weighted by Crippen LogP contribution is -2.13. The Morgan fingerprint density at radius 3 is 2.63 bits per heavy atom. The number of nitrogen functional groups attached to an aromatic ring is 1. The van der Waals surface area contributed by atoms with Gasteiger partial charge in [-0.2, -0.15) is 0 Å². The lowest BCUT2D eigenvalue weighted by Gasteiger charge is -2.10. The van der Waals surface area contributed by atoms with Crippen LogP contribution >= 0.6 is 0 Å². The fourth-order valence-corrected chi connectivity index (χ4v) is 1.77. The van der Waals surface area contributed by atoms with Gasteiger partial charge in [0.2, 0.25) is 0 Å². The first-order valence-corrected chi connectivity index (χ1v) is 6.67. The summed E-state index contributed by atoms with van der Waals surface area (Å²) < 4.78 is 10.5. The molecule has 0 amide bonds. The average Bonchev–Trinajstić information content (AvgIpc) is 2.37. The number of unbranched alkanes of at least 4 members (excludes halogenated alkanes) is 1. The molecule has 4 heteroatoms. The molecule has 1 rings (SSSR count). The lowest BCUT2D eigenvalue weighted by atomic mass is 10.0. The first kappa shape index (κ1) is 15.5. The molecule has 1 aromatic rings. The van der Waals surface area contributed by atoms with Crippen molar-refractivity contribution in [2.75, 3.05) is 25.6 Å². The van der Waals surface area contributed by atoms with Crippen LogP contribution in [0, 0.1) is 13.8 Å². The minimum atomic E-state index is -0.386. The Kier molecular flexibility index (Phi) is 6.36. The van der Waals surface area contributed by atoms with Crippen LogP contribution in [-0.2, 0) is 9.47 Å². The number of carbonyl (C=O) groups excluding carboxylic acids is 1. The van der Waals surface area contributed by atoms with Gasteiger partial charge in [-0.25, -0.2) is 4.79 Å². The van der Waals surface area contributed by atoms with Crippen LogP contribution in [-0.4, -0.2) is 25.8 Å². The highest BCUT2D eigenvalue weighted by molar-refractivity contribution is 5.96. The summed E-state index contributed by atoms with van der Waals surface area (Å²) in [6, 6.07) is 3.70. The Morgan fingerprint density at radius 2 is 1.95 bits per heavy atom. The van der Waals surface area contributed by atoms with Crippen LogP contribution in [0.15, 0.2) is 12.1 Å². The molecular formula is C15H23NO3. The highest BCUT2D eigenvalue weighted by Crippen LogP contribution is 2.20. The van der Waals surface area contributed by atoms with Crippen LogP contribution in [0.5, 0.6) is 0 Å².